The number of hydrogen-bond acceptors (Lipinski definition) is 3. The summed E-state index contributed by atoms with van der Waals surface area (Å²) in [5, 5.41) is 0. The Bertz CT molecular complexity index is 428. The van der Waals surface area contributed by atoms with Crippen molar-refractivity contribution in [3.05, 3.63) is 29.6 Å². The van der Waals surface area contributed by atoms with Gasteiger partial charge in [-0.1, -0.05) is 12.2 Å². The summed E-state index contributed by atoms with van der Waals surface area (Å²) in [4.78, 5) is 6.90. The Morgan fingerprint density at radius 3 is 3.31 bits per heavy atom. The van der Waals surface area contributed by atoms with Crippen LogP contribution >= 0.6 is 0 Å². The van der Waals surface area contributed by atoms with Gasteiger partial charge < -0.3 is 9.64 Å². The predicted molar refractivity (Wildman–Crippen MR) is 64.6 cm³/mol. The number of nitrogens with zero attached hydrogens (tertiary/aromatic N) is 2. The van der Waals surface area contributed by atoms with Crippen LogP contribution in [0.5, 0.6) is 0 Å². The van der Waals surface area contributed by atoms with Crippen molar-refractivity contribution in [3.8, 4) is 0 Å². The van der Waals surface area contributed by atoms with Gasteiger partial charge in [-0.15, -0.1) is 0 Å². The highest BCUT2D eigenvalue weighted by Gasteiger charge is 2.20. The van der Waals surface area contributed by atoms with Gasteiger partial charge in [0.1, 0.15) is 0 Å². The Morgan fingerprint density at radius 1 is 1.50 bits per heavy atom. The second-order valence-corrected chi connectivity index (χ2v) is 4.45. The number of fused-ring (bicyclic) bond motifs is 1. The molecule has 3 nitrogen and oxygen atoms in total. The number of allylic oxidation sites excluding steroid dienone is 1. The van der Waals surface area contributed by atoms with E-state index in [0.717, 1.165) is 26.2 Å². The first-order valence-electron chi connectivity index (χ1n) is 5.84. The van der Waals surface area contributed by atoms with E-state index in [-0.39, 0.29) is 0 Å². The molecule has 0 aromatic carbocycles. The lowest BCUT2D eigenvalue weighted by molar-refractivity contribution is 0.0989. The molecule has 1 aliphatic carbocycles. The van der Waals surface area contributed by atoms with Crippen LogP contribution in [0.15, 0.2) is 18.3 Å². The number of morpholine rings is 1. The lowest BCUT2D eigenvalue weighted by Gasteiger charge is -2.35. The molecule has 1 atom stereocenters. The van der Waals surface area contributed by atoms with Crippen molar-refractivity contribution in [1.29, 1.82) is 0 Å². The van der Waals surface area contributed by atoms with Gasteiger partial charge in [0.05, 0.1) is 30.8 Å². The van der Waals surface area contributed by atoms with Gasteiger partial charge in [-0.3, -0.25) is 4.98 Å². The van der Waals surface area contributed by atoms with E-state index >= 15 is 0 Å². The molecule has 1 fully saturated rings. The summed E-state index contributed by atoms with van der Waals surface area (Å²) >= 11 is 0. The largest absolute Gasteiger partial charge is 0.377 e. The molecule has 0 N–H and O–H groups in total. The first-order chi connectivity index (χ1) is 7.84. The molecule has 84 valence electrons. The first-order valence-corrected chi connectivity index (χ1v) is 5.84. The third-order valence-electron chi connectivity index (χ3n) is 3.30. The molecule has 0 radical (unpaired) electrons. The molecule has 0 amide bonds. The molecule has 0 bridgehead atoms. The third kappa shape index (κ3) is 1.61. The smallest absolute Gasteiger partial charge is 0.0668 e. The quantitative estimate of drug-likeness (QED) is 0.716. The Morgan fingerprint density at radius 2 is 2.44 bits per heavy atom. The zero-order valence-corrected chi connectivity index (χ0v) is 9.52. The maximum Gasteiger partial charge on any atom is 0.0668 e. The molecule has 0 saturated carbocycles. The van der Waals surface area contributed by atoms with Crippen molar-refractivity contribution in [1.82, 2.24) is 4.98 Å². The van der Waals surface area contributed by atoms with E-state index in [2.05, 4.69) is 35.0 Å². The molecule has 3 heteroatoms. The van der Waals surface area contributed by atoms with Crippen molar-refractivity contribution in [2.75, 3.05) is 24.7 Å². The number of ether oxygens (including phenoxy) is 1. The fourth-order valence-electron chi connectivity index (χ4n) is 2.38. The number of pyridine rings is 1. The highest BCUT2D eigenvalue weighted by atomic mass is 16.5. The van der Waals surface area contributed by atoms with Crippen LogP contribution in [-0.4, -0.2) is 30.8 Å². The summed E-state index contributed by atoms with van der Waals surface area (Å²) in [6, 6.07) is 2.69. The van der Waals surface area contributed by atoms with Gasteiger partial charge in [-0.2, -0.15) is 0 Å². The summed E-state index contributed by atoms with van der Waals surface area (Å²) in [5.41, 5.74) is 3.70. The molecule has 0 spiro atoms. The van der Waals surface area contributed by atoms with Crippen molar-refractivity contribution in [2.24, 2.45) is 0 Å². The van der Waals surface area contributed by atoms with Gasteiger partial charge in [0.15, 0.2) is 0 Å². The average Bonchev–Trinajstić information content (AvgIpc) is 2.76. The fourth-order valence-corrected chi connectivity index (χ4v) is 2.38. The van der Waals surface area contributed by atoms with E-state index in [0.29, 0.717) is 6.04 Å². The van der Waals surface area contributed by atoms with Crippen LogP contribution in [0, 0.1) is 0 Å². The second kappa shape index (κ2) is 3.91. The maximum absolute atomic E-state index is 5.45. The van der Waals surface area contributed by atoms with Gasteiger partial charge in [0.2, 0.25) is 0 Å². The second-order valence-electron chi connectivity index (χ2n) is 4.45. The third-order valence-corrected chi connectivity index (χ3v) is 3.30. The monoisotopic (exact) mass is 216 g/mol. The van der Waals surface area contributed by atoms with E-state index in [1.54, 1.807) is 0 Å². The van der Waals surface area contributed by atoms with Gasteiger partial charge >= 0.3 is 0 Å². The number of anilines is 1. The van der Waals surface area contributed by atoms with Crippen LogP contribution < -0.4 is 4.90 Å². The SMILES string of the molecule is CC1COCCN1c1cnc2c(c1)C=CC2. The summed E-state index contributed by atoms with van der Waals surface area (Å²) in [7, 11) is 0. The zero-order valence-electron chi connectivity index (χ0n) is 9.52. The molecule has 1 aromatic rings. The minimum absolute atomic E-state index is 0.444. The summed E-state index contributed by atoms with van der Waals surface area (Å²) in [5.74, 6) is 0. The van der Waals surface area contributed by atoms with Gasteiger partial charge in [-0.25, -0.2) is 0 Å². The van der Waals surface area contributed by atoms with E-state index in [1.807, 2.05) is 6.20 Å². The standard InChI is InChI=1S/C13H16N2O/c1-10-9-16-6-5-15(10)12-7-11-3-2-4-13(11)14-8-12/h2-3,7-8,10H,4-6,9H2,1H3. The molecular formula is C13H16N2O. The number of aromatic nitrogens is 1. The van der Waals surface area contributed by atoms with Crippen LogP contribution in [0.1, 0.15) is 18.2 Å². The predicted octanol–water partition coefficient (Wildman–Crippen LogP) is 1.88. The molecule has 1 unspecified atom stereocenters. The van der Waals surface area contributed by atoms with Crippen molar-refractivity contribution >= 4 is 11.8 Å². The van der Waals surface area contributed by atoms with E-state index in [9.17, 15) is 0 Å². The van der Waals surface area contributed by atoms with E-state index < -0.39 is 0 Å². The Labute approximate surface area is 95.7 Å². The topological polar surface area (TPSA) is 25.4 Å². The van der Waals surface area contributed by atoms with Gasteiger partial charge in [0, 0.05) is 19.0 Å². The molecule has 1 aliphatic heterocycles. The van der Waals surface area contributed by atoms with E-state index in [4.69, 9.17) is 4.74 Å². The fraction of sp³-hybridized carbons (Fsp3) is 0.462. The molecular weight excluding hydrogens is 200 g/mol. The van der Waals surface area contributed by atoms with Crippen molar-refractivity contribution in [3.63, 3.8) is 0 Å². The summed E-state index contributed by atoms with van der Waals surface area (Å²) in [6.45, 7) is 4.79. The lowest BCUT2D eigenvalue weighted by Crippen LogP contribution is -2.43. The molecule has 1 saturated heterocycles. The van der Waals surface area contributed by atoms with E-state index in [1.165, 1.54) is 16.9 Å². The first kappa shape index (κ1) is 9.85. The van der Waals surface area contributed by atoms with Crippen LogP contribution in [0.2, 0.25) is 0 Å². The average molecular weight is 216 g/mol. The molecule has 1 aromatic heterocycles. The van der Waals surface area contributed by atoms with Crippen LogP contribution in [0.4, 0.5) is 5.69 Å². The molecule has 2 heterocycles. The van der Waals surface area contributed by atoms with Crippen LogP contribution in [-0.2, 0) is 11.2 Å². The highest BCUT2D eigenvalue weighted by Crippen LogP contribution is 2.25. The van der Waals surface area contributed by atoms with Crippen molar-refractivity contribution in [2.45, 2.75) is 19.4 Å². The number of rotatable bonds is 1. The maximum atomic E-state index is 5.45. The normalized spacial score (nSPS) is 23.6. The zero-order chi connectivity index (χ0) is 11.0. The minimum Gasteiger partial charge on any atom is -0.377 e. The highest BCUT2D eigenvalue weighted by molar-refractivity contribution is 5.63. The number of hydrogen-bond donors (Lipinski definition) is 0. The minimum atomic E-state index is 0.444. The van der Waals surface area contributed by atoms with Crippen LogP contribution in [0.3, 0.4) is 0 Å². The van der Waals surface area contributed by atoms with Gasteiger partial charge in [0.25, 0.3) is 0 Å². The molecule has 16 heavy (non-hydrogen) atoms. The van der Waals surface area contributed by atoms with Crippen molar-refractivity contribution < 1.29 is 4.74 Å². The lowest BCUT2D eigenvalue weighted by atomic mass is 10.1. The Kier molecular flexibility index (Phi) is 2.40. The summed E-state index contributed by atoms with van der Waals surface area (Å²) in [6.07, 6.45) is 7.31. The molecule has 3 rings (SSSR count). The summed E-state index contributed by atoms with van der Waals surface area (Å²) < 4.78 is 5.45. The Balaban J connectivity index is 1.91. The Hall–Kier alpha value is -1.35. The van der Waals surface area contributed by atoms with Gasteiger partial charge in [-0.05, 0) is 18.6 Å². The van der Waals surface area contributed by atoms with Crippen LogP contribution in [0.25, 0.3) is 6.08 Å². The molecule has 2 aliphatic rings.